The van der Waals surface area contributed by atoms with E-state index < -0.39 is 18.0 Å². The highest BCUT2D eigenvalue weighted by Gasteiger charge is 2.32. The van der Waals surface area contributed by atoms with Crippen LogP contribution in [0.15, 0.2) is 66.7 Å². The van der Waals surface area contributed by atoms with Gasteiger partial charge in [0.1, 0.15) is 17.6 Å². The quantitative estimate of drug-likeness (QED) is 0.250. The van der Waals surface area contributed by atoms with Crippen molar-refractivity contribution in [1.29, 1.82) is 0 Å². The Morgan fingerprint density at radius 3 is 2.33 bits per heavy atom. The molecule has 2 aromatic heterocycles. The van der Waals surface area contributed by atoms with E-state index in [1.165, 1.54) is 0 Å². The molecule has 0 aliphatic carbocycles. The second-order valence-electron chi connectivity index (χ2n) is 9.74. The summed E-state index contributed by atoms with van der Waals surface area (Å²) in [5.41, 5.74) is 1.86. The summed E-state index contributed by atoms with van der Waals surface area (Å²) in [6.45, 7) is 3.71. The van der Waals surface area contributed by atoms with Gasteiger partial charge < -0.3 is 25.2 Å². The van der Waals surface area contributed by atoms with E-state index in [2.05, 4.69) is 41.2 Å². The predicted octanol–water partition coefficient (Wildman–Crippen LogP) is 1.91. The first-order valence-electron chi connectivity index (χ1n) is 14.0. The van der Waals surface area contributed by atoms with Crippen molar-refractivity contribution in [2.24, 2.45) is 0 Å². The van der Waals surface area contributed by atoms with Crippen LogP contribution in [-0.4, -0.2) is 97.1 Å². The van der Waals surface area contributed by atoms with Crippen molar-refractivity contribution in [3.05, 3.63) is 83.8 Å². The van der Waals surface area contributed by atoms with E-state index in [1.807, 2.05) is 60.7 Å². The van der Waals surface area contributed by atoms with Crippen molar-refractivity contribution < 1.29 is 19.1 Å². The Kier molecular flexibility index (Phi) is 9.46. The van der Waals surface area contributed by atoms with Crippen LogP contribution in [0.5, 0.6) is 0 Å². The normalized spacial score (nSPS) is 13.7. The lowest BCUT2D eigenvalue weighted by molar-refractivity contribution is -0.134. The molecule has 3 amide bonds. The zero-order chi connectivity index (χ0) is 30.0. The monoisotopic (exact) mass is 584 g/mol. The molecule has 1 saturated heterocycles. The minimum atomic E-state index is -1.00. The standard InChI is InChI=1S/C29H32N10O4/c1-2-43-29(42)39-15-13-38(14-16-39)28(41)23(18-25-34-36-37-35-25)32-27(40)22-17-24(30-19-20-9-5-3-6-10-20)33-26(31-22)21-11-7-4-8-12-21/h3-12,17,23H,2,13-16,18-19H2,1H3,(H,32,40)(H,30,31,33)(H,34,35,36,37). The largest absolute Gasteiger partial charge is 0.450 e. The third-order valence-electron chi connectivity index (χ3n) is 6.80. The van der Waals surface area contributed by atoms with Crippen LogP contribution in [0.2, 0.25) is 0 Å². The summed E-state index contributed by atoms with van der Waals surface area (Å²) >= 11 is 0. The van der Waals surface area contributed by atoms with Crippen molar-refractivity contribution in [3.8, 4) is 11.4 Å². The molecule has 222 valence electrons. The zero-order valence-corrected chi connectivity index (χ0v) is 23.6. The van der Waals surface area contributed by atoms with Crippen LogP contribution < -0.4 is 10.6 Å². The van der Waals surface area contributed by atoms with Gasteiger partial charge in [-0.1, -0.05) is 65.9 Å². The van der Waals surface area contributed by atoms with Gasteiger partial charge in [0.15, 0.2) is 11.6 Å². The minimum Gasteiger partial charge on any atom is -0.450 e. The fraction of sp³-hybridized carbons (Fsp3) is 0.310. The summed E-state index contributed by atoms with van der Waals surface area (Å²) in [6.07, 6.45) is -0.407. The number of nitrogens with zero attached hydrogens (tertiary/aromatic N) is 7. The van der Waals surface area contributed by atoms with Gasteiger partial charge in [-0.25, -0.2) is 14.8 Å². The van der Waals surface area contributed by atoms with Gasteiger partial charge in [-0.15, -0.1) is 10.2 Å². The number of nitrogens with one attached hydrogen (secondary N) is 3. The zero-order valence-electron chi connectivity index (χ0n) is 23.6. The molecule has 1 aliphatic heterocycles. The number of aromatic amines is 1. The fourth-order valence-electron chi connectivity index (χ4n) is 4.59. The average molecular weight is 585 g/mol. The van der Waals surface area contributed by atoms with Crippen LogP contribution >= 0.6 is 0 Å². The van der Waals surface area contributed by atoms with Crippen molar-refractivity contribution in [2.45, 2.75) is 25.9 Å². The molecule has 1 atom stereocenters. The number of carbonyl (C=O) groups is 3. The molecule has 0 saturated carbocycles. The van der Waals surface area contributed by atoms with E-state index in [0.29, 0.717) is 31.3 Å². The van der Waals surface area contributed by atoms with Crippen molar-refractivity contribution in [3.63, 3.8) is 0 Å². The Hall–Kier alpha value is -5.40. The van der Waals surface area contributed by atoms with Gasteiger partial charge in [-0.3, -0.25) is 9.59 Å². The Morgan fingerprint density at radius 1 is 0.953 bits per heavy atom. The third-order valence-corrected chi connectivity index (χ3v) is 6.80. The summed E-state index contributed by atoms with van der Waals surface area (Å²) in [7, 11) is 0. The minimum absolute atomic E-state index is 0.00883. The second-order valence-corrected chi connectivity index (χ2v) is 9.74. The second kappa shape index (κ2) is 14.0. The number of H-pyrrole nitrogens is 1. The van der Waals surface area contributed by atoms with Crippen LogP contribution in [0.1, 0.15) is 28.8 Å². The van der Waals surface area contributed by atoms with E-state index in [0.717, 1.165) is 11.1 Å². The molecule has 1 aliphatic rings. The smallest absolute Gasteiger partial charge is 0.409 e. The number of tetrazole rings is 1. The van der Waals surface area contributed by atoms with E-state index in [1.54, 1.807) is 22.8 Å². The molecular weight excluding hydrogens is 552 g/mol. The summed E-state index contributed by atoms with van der Waals surface area (Å²) in [4.78, 5) is 51.7. The molecule has 3 N–H and O–H groups in total. The third kappa shape index (κ3) is 7.67. The lowest BCUT2D eigenvalue weighted by atomic mass is 10.1. The molecule has 2 aromatic carbocycles. The number of amides is 3. The van der Waals surface area contributed by atoms with Crippen molar-refractivity contribution >= 4 is 23.7 Å². The summed E-state index contributed by atoms with van der Waals surface area (Å²) < 4.78 is 5.07. The molecule has 4 aromatic rings. The molecular formula is C29H32N10O4. The first-order valence-corrected chi connectivity index (χ1v) is 14.0. The molecule has 43 heavy (non-hydrogen) atoms. The number of aromatic nitrogens is 6. The molecule has 14 heteroatoms. The molecule has 1 fully saturated rings. The Morgan fingerprint density at radius 2 is 1.65 bits per heavy atom. The maximum absolute atomic E-state index is 13.7. The van der Waals surface area contributed by atoms with E-state index >= 15 is 0 Å². The van der Waals surface area contributed by atoms with Gasteiger partial charge in [-0.05, 0) is 12.5 Å². The number of benzene rings is 2. The van der Waals surface area contributed by atoms with Crippen LogP contribution in [0.25, 0.3) is 11.4 Å². The topological polar surface area (TPSA) is 171 Å². The molecule has 5 rings (SSSR count). The summed E-state index contributed by atoms with van der Waals surface area (Å²) in [5, 5.41) is 20.0. The van der Waals surface area contributed by atoms with Gasteiger partial charge in [0.05, 0.1) is 6.61 Å². The van der Waals surface area contributed by atoms with Crippen molar-refractivity contribution in [2.75, 3.05) is 38.1 Å². The van der Waals surface area contributed by atoms with E-state index in [-0.39, 0.29) is 43.5 Å². The lowest BCUT2D eigenvalue weighted by Crippen LogP contribution is -2.56. The highest BCUT2D eigenvalue weighted by atomic mass is 16.6. The number of ether oxygens (including phenoxy) is 1. The molecule has 0 radical (unpaired) electrons. The summed E-state index contributed by atoms with van der Waals surface area (Å²) in [6, 6.07) is 19.7. The van der Waals surface area contributed by atoms with Crippen LogP contribution in [0.3, 0.4) is 0 Å². The Labute approximate surface area is 247 Å². The van der Waals surface area contributed by atoms with E-state index in [9.17, 15) is 14.4 Å². The SMILES string of the molecule is CCOC(=O)N1CCN(C(=O)C(Cc2nn[nH]n2)NC(=O)c2cc(NCc3ccccc3)nc(-c3ccccc3)n2)CC1. The van der Waals surface area contributed by atoms with Crippen LogP contribution in [0.4, 0.5) is 10.6 Å². The first kappa shape index (κ1) is 29.1. The number of hydrogen-bond donors (Lipinski definition) is 3. The predicted molar refractivity (Wildman–Crippen MR) is 156 cm³/mol. The van der Waals surface area contributed by atoms with Crippen molar-refractivity contribution in [1.82, 2.24) is 45.7 Å². The van der Waals surface area contributed by atoms with Gasteiger partial charge in [0, 0.05) is 50.8 Å². The van der Waals surface area contributed by atoms with Gasteiger partial charge in [-0.2, -0.15) is 5.21 Å². The maximum atomic E-state index is 13.7. The number of rotatable bonds is 10. The molecule has 1 unspecified atom stereocenters. The first-order chi connectivity index (χ1) is 21.0. The number of carbonyl (C=O) groups excluding carboxylic acids is 3. The lowest BCUT2D eigenvalue weighted by Gasteiger charge is -2.35. The van der Waals surface area contributed by atoms with E-state index in [4.69, 9.17) is 4.74 Å². The molecule has 0 spiro atoms. The molecule has 3 heterocycles. The number of anilines is 1. The fourth-order valence-corrected chi connectivity index (χ4v) is 4.59. The Bertz CT molecular complexity index is 1510. The van der Waals surface area contributed by atoms with Crippen LogP contribution in [-0.2, 0) is 22.5 Å². The molecule has 14 nitrogen and oxygen atoms in total. The van der Waals surface area contributed by atoms with Crippen LogP contribution in [0, 0.1) is 0 Å². The van der Waals surface area contributed by atoms with Gasteiger partial charge in [0.25, 0.3) is 5.91 Å². The Balaban J connectivity index is 1.36. The number of piperazine rings is 1. The highest BCUT2D eigenvalue weighted by molar-refractivity contribution is 5.97. The van der Waals surface area contributed by atoms with Gasteiger partial charge >= 0.3 is 6.09 Å². The molecule has 0 bridgehead atoms. The maximum Gasteiger partial charge on any atom is 0.409 e. The van der Waals surface area contributed by atoms with Gasteiger partial charge in [0.2, 0.25) is 5.91 Å². The summed E-state index contributed by atoms with van der Waals surface area (Å²) in [5.74, 6) is 0.191. The average Bonchev–Trinajstić information content (AvgIpc) is 3.57. The highest BCUT2D eigenvalue weighted by Crippen LogP contribution is 2.19. The number of hydrogen-bond acceptors (Lipinski definition) is 10.